The summed E-state index contributed by atoms with van der Waals surface area (Å²) in [6.45, 7) is 4.19. The van der Waals surface area contributed by atoms with Gasteiger partial charge < -0.3 is 4.74 Å². The second-order valence-electron chi connectivity index (χ2n) is 5.26. The van der Waals surface area contributed by atoms with Gasteiger partial charge in [0.1, 0.15) is 0 Å². The summed E-state index contributed by atoms with van der Waals surface area (Å²) in [5.41, 5.74) is 2.98. The largest absolute Gasteiger partial charge is 0.465 e. The van der Waals surface area contributed by atoms with Crippen molar-refractivity contribution in [2.24, 2.45) is 0 Å². The lowest BCUT2D eigenvalue weighted by Crippen LogP contribution is -2.08. The lowest BCUT2D eigenvalue weighted by Gasteiger charge is -2.12. The van der Waals surface area contributed by atoms with Gasteiger partial charge in [-0.3, -0.25) is 14.3 Å². The molecule has 7 heteroatoms. The van der Waals surface area contributed by atoms with E-state index in [2.05, 4.69) is 15.2 Å². The van der Waals surface area contributed by atoms with Gasteiger partial charge in [-0.05, 0) is 37.6 Å². The number of ether oxygens (including phenoxy) is 1. The number of esters is 1. The maximum atomic E-state index is 11.7. The van der Waals surface area contributed by atoms with Gasteiger partial charge in [0, 0.05) is 18.0 Å². The van der Waals surface area contributed by atoms with E-state index in [-0.39, 0.29) is 11.7 Å². The van der Waals surface area contributed by atoms with E-state index in [0.717, 1.165) is 16.8 Å². The summed E-state index contributed by atoms with van der Waals surface area (Å²) in [6, 6.07) is 11.8. The molecule has 0 N–H and O–H groups in total. The van der Waals surface area contributed by atoms with E-state index in [9.17, 15) is 4.79 Å². The summed E-state index contributed by atoms with van der Waals surface area (Å²) in [4.78, 5) is 15.8. The number of aryl methyl sites for hydroxylation is 1. The fourth-order valence-electron chi connectivity index (χ4n) is 2.41. The first-order valence-corrected chi connectivity index (χ1v) is 8.89. The number of aromatic nitrogens is 4. The van der Waals surface area contributed by atoms with E-state index in [0.29, 0.717) is 17.6 Å². The Morgan fingerprint density at radius 2 is 1.92 bits per heavy atom. The van der Waals surface area contributed by atoms with Crippen LogP contribution in [-0.4, -0.2) is 38.1 Å². The molecule has 0 atom stereocenters. The molecule has 25 heavy (non-hydrogen) atoms. The second-order valence-corrected chi connectivity index (χ2v) is 6.20. The number of carbonyl (C=O) groups excluding carboxylic acids is 1. The predicted molar refractivity (Wildman–Crippen MR) is 96.7 cm³/mol. The molecule has 0 amide bonds. The standard InChI is InChI=1S/C18H18N4O2S/c1-3-24-16(23)12-25-18-21-20-17(14-8-10-19-11-9-14)22(18)15-7-5-4-6-13(15)2/h4-11H,3,12H2,1-2H3. The van der Waals surface area contributed by atoms with Gasteiger partial charge in [0.25, 0.3) is 0 Å². The van der Waals surface area contributed by atoms with E-state index < -0.39 is 0 Å². The molecule has 0 radical (unpaired) electrons. The Bertz CT molecular complexity index is 865. The summed E-state index contributed by atoms with van der Waals surface area (Å²) in [6.07, 6.45) is 3.44. The van der Waals surface area contributed by atoms with Crippen LogP contribution in [0.3, 0.4) is 0 Å². The summed E-state index contributed by atoms with van der Waals surface area (Å²) >= 11 is 1.31. The number of carbonyl (C=O) groups is 1. The number of hydrogen-bond acceptors (Lipinski definition) is 6. The maximum absolute atomic E-state index is 11.7. The van der Waals surface area contributed by atoms with Crippen molar-refractivity contribution in [1.82, 2.24) is 19.7 Å². The van der Waals surface area contributed by atoms with Gasteiger partial charge in [-0.15, -0.1) is 10.2 Å². The third-order valence-corrected chi connectivity index (χ3v) is 4.46. The maximum Gasteiger partial charge on any atom is 0.316 e. The van der Waals surface area contributed by atoms with Crippen LogP contribution in [-0.2, 0) is 9.53 Å². The number of rotatable bonds is 6. The zero-order valence-corrected chi connectivity index (χ0v) is 14.9. The first kappa shape index (κ1) is 17.2. The second kappa shape index (κ2) is 7.94. The highest BCUT2D eigenvalue weighted by atomic mass is 32.2. The summed E-state index contributed by atoms with van der Waals surface area (Å²) < 4.78 is 6.97. The average molecular weight is 354 g/mol. The van der Waals surface area contributed by atoms with Crippen molar-refractivity contribution >= 4 is 17.7 Å². The molecule has 0 unspecified atom stereocenters. The number of pyridine rings is 1. The van der Waals surface area contributed by atoms with Gasteiger partial charge >= 0.3 is 5.97 Å². The van der Waals surface area contributed by atoms with E-state index in [4.69, 9.17) is 4.74 Å². The minimum Gasteiger partial charge on any atom is -0.465 e. The Morgan fingerprint density at radius 3 is 2.64 bits per heavy atom. The Labute approximate surface area is 150 Å². The first-order valence-electron chi connectivity index (χ1n) is 7.91. The minimum atomic E-state index is -0.266. The van der Waals surface area contributed by atoms with Crippen LogP contribution in [0.25, 0.3) is 17.1 Å². The molecule has 0 fully saturated rings. The van der Waals surface area contributed by atoms with Crippen LogP contribution >= 0.6 is 11.8 Å². The zero-order valence-electron chi connectivity index (χ0n) is 14.0. The van der Waals surface area contributed by atoms with Crippen LogP contribution in [0.4, 0.5) is 0 Å². The number of thioether (sulfide) groups is 1. The fraction of sp³-hybridized carbons (Fsp3) is 0.222. The number of para-hydroxylation sites is 1. The van der Waals surface area contributed by atoms with Gasteiger partial charge in [-0.1, -0.05) is 30.0 Å². The van der Waals surface area contributed by atoms with Crippen LogP contribution in [0.15, 0.2) is 53.9 Å². The molecule has 2 heterocycles. The first-order chi connectivity index (χ1) is 12.2. The molecular formula is C18H18N4O2S. The molecule has 0 saturated carbocycles. The highest BCUT2D eigenvalue weighted by molar-refractivity contribution is 7.99. The molecule has 0 aliphatic rings. The minimum absolute atomic E-state index is 0.189. The highest BCUT2D eigenvalue weighted by Crippen LogP contribution is 2.29. The van der Waals surface area contributed by atoms with Gasteiger partial charge in [-0.2, -0.15) is 0 Å². The molecule has 6 nitrogen and oxygen atoms in total. The summed E-state index contributed by atoms with van der Waals surface area (Å²) in [5, 5.41) is 9.28. The van der Waals surface area contributed by atoms with Crippen LogP contribution in [0.2, 0.25) is 0 Å². The topological polar surface area (TPSA) is 69.9 Å². The molecule has 0 aliphatic carbocycles. The van der Waals surface area contributed by atoms with Gasteiger partial charge in [0.05, 0.1) is 18.0 Å². The normalized spacial score (nSPS) is 10.6. The van der Waals surface area contributed by atoms with Crippen LogP contribution in [0.1, 0.15) is 12.5 Å². The predicted octanol–water partition coefficient (Wildman–Crippen LogP) is 3.29. The molecular weight excluding hydrogens is 336 g/mol. The Balaban J connectivity index is 2.03. The van der Waals surface area contributed by atoms with Crippen molar-refractivity contribution in [3.05, 3.63) is 54.4 Å². The molecule has 3 aromatic rings. The SMILES string of the molecule is CCOC(=O)CSc1nnc(-c2ccncc2)n1-c1ccccc1C. The van der Waals surface area contributed by atoms with Crippen LogP contribution in [0, 0.1) is 6.92 Å². The molecule has 128 valence electrons. The lowest BCUT2D eigenvalue weighted by molar-refractivity contribution is -0.139. The molecule has 1 aromatic carbocycles. The Hall–Kier alpha value is -2.67. The van der Waals surface area contributed by atoms with Gasteiger partial charge in [0.2, 0.25) is 0 Å². The van der Waals surface area contributed by atoms with Crippen molar-refractivity contribution in [1.29, 1.82) is 0 Å². The summed E-state index contributed by atoms with van der Waals surface area (Å²) in [7, 11) is 0. The van der Waals surface area contributed by atoms with Crippen molar-refractivity contribution in [3.8, 4) is 17.1 Å². The lowest BCUT2D eigenvalue weighted by atomic mass is 10.2. The number of benzene rings is 1. The van der Waals surface area contributed by atoms with Crippen molar-refractivity contribution in [3.63, 3.8) is 0 Å². The smallest absolute Gasteiger partial charge is 0.316 e. The van der Waals surface area contributed by atoms with Gasteiger partial charge in [0.15, 0.2) is 11.0 Å². The highest BCUT2D eigenvalue weighted by Gasteiger charge is 2.18. The molecule has 0 bridgehead atoms. The van der Waals surface area contributed by atoms with E-state index in [1.54, 1.807) is 19.3 Å². The Morgan fingerprint density at radius 1 is 1.16 bits per heavy atom. The quantitative estimate of drug-likeness (QED) is 0.500. The molecule has 3 rings (SSSR count). The van der Waals surface area contributed by atoms with Crippen molar-refractivity contribution < 1.29 is 9.53 Å². The Kier molecular flexibility index (Phi) is 5.45. The molecule has 0 saturated heterocycles. The zero-order chi connectivity index (χ0) is 17.6. The average Bonchev–Trinajstić information content (AvgIpc) is 3.05. The number of hydrogen-bond donors (Lipinski definition) is 0. The molecule has 0 spiro atoms. The monoisotopic (exact) mass is 354 g/mol. The molecule has 0 aliphatic heterocycles. The van der Waals surface area contributed by atoms with Crippen molar-refractivity contribution in [2.75, 3.05) is 12.4 Å². The third-order valence-electron chi connectivity index (χ3n) is 3.55. The molecule has 2 aromatic heterocycles. The van der Waals surface area contributed by atoms with Crippen LogP contribution < -0.4 is 0 Å². The fourth-order valence-corrected chi connectivity index (χ4v) is 3.15. The third kappa shape index (κ3) is 3.88. The van der Waals surface area contributed by atoms with Crippen molar-refractivity contribution in [2.45, 2.75) is 19.0 Å². The van der Waals surface area contributed by atoms with Gasteiger partial charge in [-0.25, -0.2) is 0 Å². The van der Waals surface area contributed by atoms with E-state index >= 15 is 0 Å². The number of nitrogens with zero attached hydrogens (tertiary/aromatic N) is 4. The van der Waals surface area contributed by atoms with Crippen LogP contribution in [0.5, 0.6) is 0 Å². The summed E-state index contributed by atoms with van der Waals surface area (Å²) in [5.74, 6) is 0.633. The van der Waals surface area contributed by atoms with E-state index in [1.807, 2.05) is 47.9 Å². The van der Waals surface area contributed by atoms with E-state index in [1.165, 1.54) is 11.8 Å².